The molecule has 0 N–H and O–H groups in total. The van der Waals surface area contributed by atoms with Gasteiger partial charge in [-0.25, -0.2) is 0 Å². The molecular weight excluding hydrogens is 138 g/mol. The number of hydrogen-bond acceptors (Lipinski definition) is 2. The topological polar surface area (TPSA) is 33.0 Å². The molecule has 0 saturated heterocycles. The maximum atomic E-state index is 8.23. The van der Waals surface area contributed by atoms with E-state index < -0.39 is 0 Å². The summed E-state index contributed by atoms with van der Waals surface area (Å²) in [5, 5.41) is 8.23. The third-order valence-corrected chi connectivity index (χ3v) is 1.53. The average Bonchev–Trinajstić information content (AvgIpc) is 2.03. The first-order valence-corrected chi connectivity index (χ1v) is 4.36. The summed E-state index contributed by atoms with van der Waals surface area (Å²) in [5.41, 5.74) is 0. The molecule has 0 fully saturated rings. The van der Waals surface area contributed by atoms with Gasteiger partial charge in [0.1, 0.15) is 0 Å². The van der Waals surface area contributed by atoms with E-state index in [9.17, 15) is 0 Å². The lowest BCUT2D eigenvalue weighted by Gasteiger charge is -1.99. The van der Waals surface area contributed by atoms with Gasteiger partial charge < -0.3 is 4.74 Å². The standard InChI is InChI=1S/C9H17NO/c1-2-11-9-7-5-3-4-6-8-10/h2-7,9H2,1H3. The largest absolute Gasteiger partial charge is 0.382 e. The van der Waals surface area contributed by atoms with Crippen LogP contribution >= 0.6 is 0 Å². The van der Waals surface area contributed by atoms with Crippen molar-refractivity contribution in [3.63, 3.8) is 0 Å². The van der Waals surface area contributed by atoms with Crippen molar-refractivity contribution in [2.24, 2.45) is 0 Å². The van der Waals surface area contributed by atoms with E-state index in [1.807, 2.05) is 6.92 Å². The lowest BCUT2D eigenvalue weighted by Crippen LogP contribution is -1.92. The van der Waals surface area contributed by atoms with Crippen molar-refractivity contribution in [3.8, 4) is 6.07 Å². The predicted molar refractivity (Wildman–Crippen MR) is 45.2 cm³/mol. The van der Waals surface area contributed by atoms with Gasteiger partial charge in [0.05, 0.1) is 6.07 Å². The Balaban J connectivity index is 2.75. The van der Waals surface area contributed by atoms with Crippen LogP contribution in [-0.2, 0) is 4.74 Å². The number of nitriles is 1. The Bertz CT molecular complexity index is 107. The zero-order valence-corrected chi connectivity index (χ0v) is 7.31. The summed E-state index contributed by atoms with van der Waals surface area (Å²) in [5.74, 6) is 0. The molecule has 2 heteroatoms. The summed E-state index contributed by atoms with van der Waals surface area (Å²) < 4.78 is 5.18. The van der Waals surface area contributed by atoms with E-state index in [4.69, 9.17) is 10.00 Å². The minimum Gasteiger partial charge on any atom is -0.382 e. The molecule has 0 unspecified atom stereocenters. The van der Waals surface area contributed by atoms with Crippen LogP contribution in [-0.4, -0.2) is 13.2 Å². The average molecular weight is 155 g/mol. The van der Waals surface area contributed by atoms with Crippen molar-refractivity contribution in [1.29, 1.82) is 5.26 Å². The van der Waals surface area contributed by atoms with E-state index in [1.54, 1.807) is 0 Å². The van der Waals surface area contributed by atoms with E-state index in [0.717, 1.165) is 26.1 Å². The van der Waals surface area contributed by atoms with Crippen molar-refractivity contribution in [2.45, 2.75) is 39.0 Å². The predicted octanol–water partition coefficient (Wildman–Crippen LogP) is 2.50. The van der Waals surface area contributed by atoms with Gasteiger partial charge >= 0.3 is 0 Å². The fourth-order valence-electron chi connectivity index (χ4n) is 0.906. The Morgan fingerprint density at radius 1 is 1.18 bits per heavy atom. The molecule has 0 aliphatic rings. The third-order valence-electron chi connectivity index (χ3n) is 1.53. The molecule has 0 spiro atoms. The highest BCUT2D eigenvalue weighted by Gasteiger charge is 1.88. The molecule has 2 nitrogen and oxygen atoms in total. The Morgan fingerprint density at radius 2 is 1.91 bits per heavy atom. The lowest BCUT2D eigenvalue weighted by molar-refractivity contribution is 0.143. The van der Waals surface area contributed by atoms with Crippen molar-refractivity contribution in [3.05, 3.63) is 0 Å². The van der Waals surface area contributed by atoms with Gasteiger partial charge in [0.25, 0.3) is 0 Å². The summed E-state index contributed by atoms with van der Waals surface area (Å²) in [7, 11) is 0. The Labute approximate surface area is 69.2 Å². The van der Waals surface area contributed by atoms with E-state index in [1.165, 1.54) is 12.8 Å². The van der Waals surface area contributed by atoms with Crippen LogP contribution in [0.2, 0.25) is 0 Å². The van der Waals surface area contributed by atoms with Gasteiger partial charge in [0, 0.05) is 19.6 Å². The molecule has 64 valence electrons. The molecule has 0 aromatic carbocycles. The third kappa shape index (κ3) is 9.45. The second kappa shape index (κ2) is 9.45. The number of rotatable bonds is 7. The molecule has 0 atom stereocenters. The maximum absolute atomic E-state index is 8.23. The Hall–Kier alpha value is -0.550. The number of hydrogen-bond donors (Lipinski definition) is 0. The Kier molecular flexibility index (Phi) is 8.98. The quantitative estimate of drug-likeness (QED) is 0.529. The minimum atomic E-state index is 0.703. The van der Waals surface area contributed by atoms with Crippen LogP contribution in [0.1, 0.15) is 39.0 Å². The van der Waals surface area contributed by atoms with Gasteiger partial charge in [0.2, 0.25) is 0 Å². The SMILES string of the molecule is CCOCCCCCCC#N. The van der Waals surface area contributed by atoms with E-state index in [-0.39, 0.29) is 0 Å². The van der Waals surface area contributed by atoms with E-state index >= 15 is 0 Å². The molecular formula is C9H17NO. The van der Waals surface area contributed by atoms with Crippen LogP contribution in [0.5, 0.6) is 0 Å². The molecule has 0 amide bonds. The van der Waals surface area contributed by atoms with Crippen LogP contribution in [0.4, 0.5) is 0 Å². The summed E-state index contributed by atoms with van der Waals surface area (Å²) >= 11 is 0. The molecule has 0 aromatic heterocycles. The van der Waals surface area contributed by atoms with Crippen LogP contribution in [0.3, 0.4) is 0 Å². The molecule has 0 rings (SSSR count). The number of nitrogens with zero attached hydrogens (tertiary/aromatic N) is 1. The first-order chi connectivity index (χ1) is 5.41. The van der Waals surface area contributed by atoms with Crippen LogP contribution in [0, 0.1) is 11.3 Å². The summed E-state index contributed by atoms with van der Waals surface area (Å²) in [4.78, 5) is 0. The van der Waals surface area contributed by atoms with E-state index in [2.05, 4.69) is 6.07 Å². The molecule has 0 heterocycles. The highest BCUT2D eigenvalue weighted by Crippen LogP contribution is 2.01. The summed E-state index contributed by atoms with van der Waals surface area (Å²) in [6, 6.07) is 2.14. The molecule has 0 aromatic rings. The molecule has 0 aliphatic heterocycles. The van der Waals surface area contributed by atoms with Crippen LogP contribution < -0.4 is 0 Å². The lowest BCUT2D eigenvalue weighted by atomic mass is 10.2. The second-order valence-electron chi connectivity index (χ2n) is 2.52. The van der Waals surface area contributed by atoms with Crippen molar-refractivity contribution in [2.75, 3.05) is 13.2 Å². The fourth-order valence-corrected chi connectivity index (χ4v) is 0.906. The maximum Gasteiger partial charge on any atom is 0.0621 e. The zero-order valence-electron chi connectivity index (χ0n) is 7.31. The number of unbranched alkanes of at least 4 members (excludes halogenated alkanes) is 4. The number of ether oxygens (including phenoxy) is 1. The molecule has 0 bridgehead atoms. The summed E-state index contributed by atoms with van der Waals surface area (Å²) in [6.45, 7) is 3.71. The zero-order chi connectivity index (χ0) is 8.36. The summed E-state index contributed by atoms with van der Waals surface area (Å²) in [6.07, 6.45) is 5.25. The van der Waals surface area contributed by atoms with Gasteiger partial charge in [-0.05, 0) is 19.8 Å². The fraction of sp³-hybridized carbons (Fsp3) is 0.889. The van der Waals surface area contributed by atoms with Gasteiger partial charge in [-0.15, -0.1) is 0 Å². The smallest absolute Gasteiger partial charge is 0.0621 e. The highest BCUT2D eigenvalue weighted by molar-refractivity contribution is 4.67. The van der Waals surface area contributed by atoms with Gasteiger partial charge in [-0.3, -0.25) is 0 Å². The molecule has 0 saturated carbocycles. The molecule has 0 aliphatic carbocycles. The second-order valence-corrected chi connectivity index (χ2v) is 2.52. The Morgan fingerprint density at radius 3 is 2.55 bits per heavy atom. The van der Waals surface area contributed by atoms with Gasteiger partial charge in [-0.1, -0.05) is 12.8 Å². The van der Waals surface area contributed by atoms with Crippen molar-refractivity contribution < 1.29 is 4.74 Å². The van der Waals surface area contributed by atoms with Crippen LogP contribution in [0.15, 0.2) is 0 Å². The van der Waals surface area contributed by atoms with Gasteiger partial charge in [0.15, 0.2) is 0 Å². The van der Waals surface area contributed by atoms with Crippen molar-refractivity contribution in [1.82, 2.24) is 0 Å². The minimum absolute atomic E-state index is 0.703. The molecule has 11 heavy (non-hydrogen) atoms. The van der Waals surface area contributed by atoms with E-state index in [0.29, 0.717) is 6.42 Å². The monoisotopic (exact) mass is 155 g/mol. The first kappa shape index (κ1) is 10.4. The first-order valence-electron chi connectivity index (χ1n) is 4.36. The van der Waals surface area contributed by atoms with Gasteiger partial charge in [-0.2, -0.15) is 5.26 Å². The van der Waals surface area contributed by atoms with Crippen LogP contribution in [0.25, 0.3) is 0 Å². The normalized spacial score (nSPS) is 9.45. The van der Waals surface area contributed by atoms with Crippen molar-refractivity contribution >= 4 is 0 Å². The highest BCUT2D eigenvalue weighted by atomic mass is 16.5. The molecule has 0 radical (unpaired) electrons.